The number of hydrogen-bond acceptors (Lipinski definition) is 1. The van der Waals surface area contributed by atoms with E-state index >= 15 is 0 Å². The summed E-state index contributed by atoms with van der Waals surface area (Å²) < 4.78 is 0. The molecule has 1 fully saturated rings. The van der Waals surface area contributed by atoms with Gasteiger partial charge in [0.1, 0.15) is 0 Å². The van der Waals surface area contributed by atoms with Crippen molar-refractivity contribution in [3.05, 3.63) is 0 Å². The number of hydrogen-bond donors (Lipinski definition) is 1. The summed E-state index contributed by atoms with van der Waals surface area (Å²) in [5.74, 6) is 0. The predicted molar refractivity (Wildman–Crippen MR) is 63.6 cm³/mol. The molecule has 1 aliphatic carbocycles. The first-order valence-corrected chi connectivity index (χ1v) is 6.49. The van der Waals surface area contributed by atoms with Crippen LogP contribution in [0.2, 0.25) is 0 Å². The Morgan fingerprint density at radius 2 is 1.93 bits per heavy atom. The SMILES string of the molecule is CCCCC(CC)NCC1(CC)CC1. The van der Waals surface area contributed by atoms with Crippen molar-refractivity contribution in [2.45, 2.75) is 71.8 Å². The second kappa shape index (κ2) is 5.75. The maximum atomic E-state index is 3.76. The highest BCUT2D eigenvalue weighted by Crippen LogP contribution is 2.47. The van der Waals surface area contributed by atoms with Crippen molar-refractivity contribution in [2.75, 3.05) is 6.54 Å². The van der Waals surface area contributed by atoms with Gasteiger partial charge in [0.25, 0.3) is 0 Å². The quantitative estimate of drug-likeness (QED) is 0.625. The third-order valence-electron chi connectivity index (χ3n) is 3.87. The highest BCUT2D eigenvalue weighted by atomic mass is 14.9. The molecule has 1 N–H and O–H groups in total. The molecule has 0 aromatic rings. The summed E-state index contributed by atoms with van der Waals surface area (Å²) in [7, 11) is 0. The van der Waals surface area contributed by atoms with Gasteiger partial charge in [0.2, 0.25) is 0 Å². The number of unbranched alkanes of at least 4 members (excludes halogenated alkanes) is 1. The Morgan fingerprint density at radius 3 is 2.36 bits per heavy atom. The lowest BCUT2D eigenvalue weighted by molar-refractivity contribution is 0.376. The average Bonchev–Trinajstić information content (AvgIpc) is 2.99. The Morgan fingerprint density at radius 1 is 1.21 bits per heavy atom. The molecule has 1 rings (SSSR count). The van der Waals surface area contributed by atoms with Gasteiger partial charge in [-0.1, -0.05) is 33.6 Å². The molecule has 1 unspecified atom stereocenters. The monoisotopic (exact) mass is 197 g/mol. The standard InChI is InChI=1S/C13H27N/c1-4-7-8-12(5-2)14-11-13(6-3)9-10-13/h12,14H,4-11H2,1-3H3. The van der Waals surface area contributed by atoms with E-state index in [1.54, 1.807) is 0 Å². The molecule has 84 valence electrons. The lowest BCUT2D eigenvalue weighted by Gasteiger charge is -2.20. The van der Waals surface area contributed by atoms with Gasteiger partial charge >= 0.3 is 0 Å². The topological polar surface area (TPSA) is 12.0 Å². The van der Waals surface area contributed by atoms with Crippen molar-refractivity contribution in [3.63, 3.8) is 0 Å². The molecule has 0 spiro atoms. The highest BCUT2D eigenvalue weighted by Gasteiger charge is 2.40. The average molecular weight is 197 g/mol. The van der Waals surface area contributed by atoms with Crippen LogP contribution in [0.15, 0.2) is 0 Å². The van der Waals surface area contributed by atoms with Gasteiger partial charge in [0.15, 0.2) is 0 Å². The minimum Gasteiger partial charge on any atom is -0.313 e. The van der Waals surface area contributed by atoms with Crippen LogP contribution in [0.5, 0.6) is 0 Å². The van der Waals surface area contributed by atoms with E-state index in [1.165, 1.54) is 51.5 Å². The van der Waals surface area contributed by atoms with Crippen molar-refractivity contribution < 1.29 is 0 Å². The molecule has 14 heavy (non-hydrogen) atoms. The minimum atomic E-state index is 0.708. The molecule has 1 saturated carbocycles. The Bertz CT molecular complexity index is 149. The van der Waals surface area contributed by atoms with E-state index in [-0.39, 0.29) is 0 Å². The lowest BCUT2D eigenvalue weighted by atomic mass is 10.0. The van der Waals surface area contributed by atoms with Gasteiger partial charge in [0, 0.05) is 12.6 Å². The summed E-state index contributed by atoms with van der Waals surface area (Å²) in [5, 5.41) is 3.76. The Kier molecular flexibility index (Phi) is 4.94. The fraction of sp³-hybridized carbons (Fsp3) is 1.00. The normalized spacial score (nSPS) is 20.8. The van der Waals surface area contributed by atoms with E-state index in [4.69, 9.17) is 0 Å². The van der Waals surface area contributed by atoms with Gasteiger partial charge in [-0.3, -0.25) is 0 Å². The van der Waals surface area contributed by atoms with Gasteiger partial charge in [-0.2, -0.15) is 0 Å². The summed E-state index contributed by atoms with van der Waals surface area (Å²) in [5.41, 5.74) is 0.708. The Labute approximate surface area is 89.7 Å². The number of nitrogens with one attached hydrogen (secondary N) is 1. The first-order chi connectivity index (χ1) is 6.76. The molecule has 0 aliphatic heterocycles. The zero-order valence-corrected chi connectivity index (χ0v) is 10.2. The van der Waals surface area contributed by atoms with Crippen LogP contribution in [0.3, 0.4) is 0 Å². The molecular weight excluding hydrogens is 170 g/mol. The largest absolute Gasteiger partial charge is 0.313 e. The maximum Gasteiger partial charge on any atom is 0.00646 e. The van der Waals surface area contributed by atoms with E-state index < -0.39 is 0 Å². The molecule has 0 amide bonds. The predicted octanol–water partition coefficient (Wildman–Crippen LogP) is 3.74. The van der Waals surface area contributed by atoms with Crippen molar-refractivity contribution in [1.82, 2.24) is 5.32 Å². The summed E-state index contributed by atoms with van der Waals surface area (Å²) >= 11 is 0. The zero-order chi connectivity index (χ0) is 10.4. The first kappa shape index (κ1) is 12.0. The summed E-state index contributed by atoms with van der Waals surface area (Å²) in [4.78, 5) is 0. The fourth-order valence-electron chi connectivity index (χ4n) is 2.09. The fourth-order valence-corrected chi connectivity index (χ4v) is 2.09. The number of rotatable bonds is 8. The highest BCUT2D eigenvalue weighted by molar-refractivity contribution is 4.94. The van der Waals surface area contributed by atoms with Gasteiger partial charge in [0.05, 0.1) is 0 Å². The summed E-state index contributed by atoms with van der Waals surface area (Å²) in [6, 6.07) is 0.777. The second-order valence-corrected chi connectivity index (χ2v) is 4.98. The molecule has 1 heteroatoms. The molecule has 0 bridgehead atoms. The third-order valence-corrected chi connectivity index (χ3v) is 3.87. The molecular formula is C13H27N. The lowest BCUT2D eigenvalue weighted by Crippen LogP contribution is -2.33. The molecule has 0 saturated heterocycles. The maximum absolute atomic E-state index is 3.76. The Hall–Kier alpha value is -0.0400. The Balaban J connectivity index is 2.13. The molecule has 1 atom stereocenters. The van der Waals surface area contributed by atoms with Crippen molar-refractivity contribution >= 4 is 0 Å². The van der Waals surface area contributed by atoms with E-state index in [0.29, 0.717) is 5.41 Å². The van der Waals surface area contributed by atoms with Crippen LogP contribution in [-0.2, 0) is 0 Å². The van der Waals surface area contributed by atoms with Crippen molar-refractivity contribution in [2.24, 2.45) is 5.41 Å². The summed E-state index contributed by atoms with van der Waals surface area (Å²) in [6.07, 6.45) is 9.65. The van der Waals surface area contributed by atoms with E-state index in [9.17, 15) is 0 Å². The van der Waals surface area contributed by atoms with Crippen LogP contribution in [0, 0.1) is 5.41 Å². The molecule has 0 radical (unpaired) electrons. The minimum absolute atomic E-state index is 0.708. The zero-order valence-electron chi connectivity index (χ0n) is 10.2. The van der Waals surface area contributed by atoms with Crippen LogP contribution in [-0.4, -0.2) is 12.6 Å². The van der Waals surface area contributed by atoms with Crippen LogP contribution < -0.4 is 5.32 Å². The second-order valence-electron chi connectivity index (χ2n) is 4.98. The van der Waals surface area contributed by atoms with Crippen LogP contribution in [0.1, 0.15) is 65.7 Å². The molecule has 0 aromatic heterocycles. The third kappa shape index (κ3) is 3.61. The van der Waals surface area contributed by atoms with Gasteiger partial charge < -0.3 is 5.32 Å². The van der Waals surface area contributed by atoms with E-state index in [0.717, 1.165) is 6.04 Å². The van der Waals surface area contributed by atoms with Crippen molar-refractivity contribution in [1.29, 1.82) is 0 Å². The molecule has 0 heterocycles. The van der Waals surface area contributed by atoms with Gasteiger partial charge in [-0.25, -0.2) is 0 Å². The van der Waals surface area contributed by atoms with Crippen molar-refractivity contribution in [3.8, 4) is 0 Å². The van der Waals surface area contributed by atoms with E-state index in [1.807, 2.05) is 0 Å². The summed E-state index contributed by atoms with van der Waals surface area (Å²) in [6.45, 7) is 8.19. The smallest absolute Gasteiger partial charge is 0.00646 e. The molecule has 1 nitrogen and oxygen atoms in total. The van der Waals surface area contributed by atoms with E-state index in [2.05, 4.69) is 26.1 Å². The van der Waals surface area contributed by atoms with Crippen LogP contribution in [0.25, 0.3) is 0 Å². The first-order valence-electron chi connectivity index (χ1n) is 6.49. The molecule has 0 aromatic carbocycles. The van der Waals surface area contributed by atoms with Crippen LogP contribution >= 0.6 is 0 Å². The van der Waals surface area contributed by atoms with Gasteiger partial charge in [-0.15, -0.1) is 0 Å². The van der Waals surface area contributed by atoms with Gasteiger partial charge in [-0.05, 0) is 37.5 Å². The molecule has 1 aliphatic rings. The van der Waals surface area contributed by atoms with Crippen LogP contribution in [0.4, 0.5) is 0 Å².